The molecule has 12 heteroatoms. The van der Waals surface area contributed by atoms with E-state index in [1.165, 1.54) is 12.4 Å². The molecule has 1 aliphatic rings. The molecule has 1 saturated heterocycles. The molecule has 1 aliphatic heterocycles. The molecule has 2 aromatic rings. The molecule has 0 spiro atoms. The van der Waals surface area contributed by atoms with Crippen molar-refractivity contribution in [3.8, 4) is 11.8 Å². The fourth-order valence-electron chi connectivity index (χ4n) is 3.69. The van der Waals surface area contributed by atoms with Gasteiger partial charge in [0.05, 0.1) is 42.0 Å². The first-order valence-electron chi connectivity index (χ1n) is 12.3. The molecular weight excluding hydrogens is 496 g/mol. The third-order valence-electron chi connectivity index (χ3n) is 5.78. The number of ether oxygens (including phenoxy) is 2. The summed E-state index contributed by atoms with van der Waals surface area (Å²) < 4.78 is 11.7. The van der Waals surface area contributed by atoms with E-state index in [0.29, 0.717) is 36.3 Å². The quantitative estimate of drug-likeness (QED) is 0.376. The van der Waals surface area contributed by atoms with E-state index in [9.17, 15) is 4.79 Å². The summed E-state index contributed by atoms with van der Waals surface area (Å²) in [5, 5.41) is 14.7. The van der Waals surface area contributed by atoms with E-state index in [0.717, 1.165) is 51.3 Å². The number of nitrogens with zero attached hydrogens (tertiary/aromatic N) is 6. The summed E-state index contributed by atoms with van der Waals surface area (Å²) in [6, 6.07) is 4.99. The predicted molar refractivity (Wildman–Crippen MR) is 145 cm³/mol. The highest BCUT2D eigenvalue weighted by atomic mass is 35.5. The lowest BCUT2D eigenvalue weighted by atomic mass is 10.2. The molecule has 2 N–H and O–H groups in total. The number of benzene rings is 1. The summed E-state index contributed by atoms with van der Waals surface area (Å²) in [5.74, 6) is 0.806. The molecule has 0 bridgehead atoms. The second-order valence-electron chi connectivity index (χ2n) is 9.04. The molecule has 0 aliphatic carbocycles. The molecule has 0 atom stereocenters. The van der Waals surface area contributed by atoms with Gasteiger partial charge in [-0.25, -0.2) is 14.8 Å². The Morgan fingerprint density at radius 1 is 1.08 bits per heavy atom. The van der Waals surface area contributed by atoms with Crippen LogP contribution in [0.25, 0.3) is 0 Å². The Kier molecular flexibility index (Phi) is 11.2. The highest BCUT2D eigenvalue weighted by molar-refractivity contribution is 6.32. The highest BCUT2D eigenvalue weighted by Gasteiger charge is 2.20. The van der Waals surface area contributed by atoms with E-state index in [1.54, 1.807) is 6.07 Å². The lowest BCUT2D eigenvalue weighted by Gasteiger charge is -2.24. The van der Waals surface area contributed by atoms with E-state index in [2.05, 4.69) is 35.3 Å². The first-order valence-corrected chi connectivity index (χ1v) is 12.7. The van der Waals surface area contributed by atoms with Crippen molar-refractivity contribution in [3.05, 3.63) is 35.2 Å². The SMILES string of the molecule is CN(C)CCOCCN(C)CCOc1cc(N2CCCC2)c(NC(=O)Nc2cnc(C#N)cn2)cc1Cl. The summed E-state index contributed by atoms with van der Waals surface area (Å²) in [4.78, 5) is 27.0. The molecule has 2 amide bonds. The number of urea groups is 1. The van der Waals surface area contributed by atoms with Gasteiger partial charge in [-0.1, -0.05) is 11.6 Å². The van der Waals surface area contributed by atoms with Gasteiger partial charge >= 0.3 is 6.03 Å². The van der Waals surface area contributed by atoms with Crippen molar-refractivity contribution in [2.75, 3.05) is 89.2 Å². The van der Waals surface area contributed by atoms with Gasteiger partial charge in [-0.05, 0) is 40.1 Å². The van der Waals surface area contributed by atoms with Crippen LogP contribution in [0.4, 0.5) is 22.0 Å². The van der Waals surface area contributed by atoms with Gasteiger partial charge in [-0.2, -0.15) is 5.26 Å². The summed E-state index contributed by atoms with van der Waals surface area (Å²) in [7, 11) is 6.08. The van der Waals surface area contributed by atoms with Crippen molar-refractivity contribution in [1.29, 1.82) is 5.26 Å². The smallest absolute Gasteiger partial charge is 0.324 e. The number of anilines is 3. The van der Waals surface area contributed by atoms with Crippen LogP contribution in [0, 0.1) is 11.3 Å². The lowest BCUT2D eigenvalue weighted by Crippen LogP contribution is -2.29. The maximum Gasteiger partial charge on any atom is 0.324 e. The topological polar surface area (TPSA) is 119 Å². The maximum atomic E-state index is 12.6. The van der Waals surface area contributed by atoms with Gasteiger partial charge in [0.25, 0.3) is 0 Å². The van der Waals surface area contributed by atoms with Crippen molar-refractivity contribution < 1.29 is 14.3 Å². The zero-order chi connectivity index (χ0) is 26.6. The van der Waals surface area contributed by atoms with Crippen molar-refractivity contribution >= 4 is 34.8 Å². The molecule has 200 valence electrons. The first-order chi connectivity index (χ1) is 17.9. The maximum absolute atomic E-state index is 12.6. The predicted octanol–water partition coefficient (Wildman–Crippen LogP) is 3.13. The molecule has 1 aromatic heterocycles. The Morgan fingerprint density at radius 3 is 2.49 bits per heavy atom. The number of carbonyl (C=O) groups excluding carboxylic acids is 1. The second-order valence-corrected chi connectivity index (χ2v) is 9.45. The van der Waals surface area contributed by atoms with Crippen LogP contribution in [-0.4, -0.2) is 99.5 Å². The van der Waals surface area contributed by atoms with Crippen molar-refractivity contribution in [2.45, 2.75) is 12.8 Å². The normalized spacial score (nSPS) is 13.2. The number of likely N-dealkylation sites (N-methyl/N-ethyl adjacent to an activating group) is 2. The number of amides is 2. The molecule has 11 nitrogen and oxygen atoms in total. The lowest BCUT2D eigenvalue weighted by molar-refractivity contribution is 0.0952. The van der Waals surface area contributed by atoms with Crippen molar-refractivity contribution in [1.82, 2.24) is 19.8 Å². The number of nitriles is 1. The molecule has 0 saturated carbocycles. The summed E-state index contributed by atoms with van der Waals surface area (Å²) in [5.41, 5.74) is 1.59. The Labute approximate surface area is 223 Å². The van der Waals surface area contributed by atoms with Crippen LogP contribution in [0.15, 0.2) is 24.5 Å². The Bertz CT molecular complexity index is 1060. The zero-order valence-corrected chi connectivity index (χ0v) is 22.4. The number of hydrogen-bond donors (Lipinski definition) is 2. The zero-order valence-electron chi connectivity index (χ0n) is 21.7. The molecule has 3 rings (SSSR count). The Morgan fingerprint density at radius 2 is 1.81 bits per heavy atom. The second kappa shape index (κ2) is 14.5. The summed E-state index contributed by atoms with van der Waals surface area (Å²) in [6.45, 7) is 6.06. The molecular formula is C25H35ClN8O3. The van der Waals surface area contributed by atoms with Crippen LogP contribution in [0.2, 0.25) is 5.02 Å². The molecule has 1 fully saturated rings. The van der Waals surface area contributed by atoms with Gasteiger partial charge in [0.1, 0.15) is 18.4 Å². The standard InChI is InChI=1S/C25H35ClN8O3/c1-32(2)8-11-36-12-9-33(3)10-13-37-23-15-22(34-6-4-5-7-34)21(14-20(23)26)30-25(35)31-24-18-28-19(16-27)17-29-24/h14-15,17-18H,4-13H2,1-3H3,(H2,29,30,31,35). The minimum absolute atomic E-state index is 0.171. The average Bonchev–Trinajstić information content (AvgIpc) is 3.40. The Hall–Kier alpha value is -3.17. The number of nitrogens with one attached hydrogen (secondary N) is 2. The molecule has 37 heavy (non-hydrogen) atoms. The van der Waals surface area contributed by atoms with Gasteiger partial charge < -0.3 is 29.5 Å². The minimum atomic E-state index is -0.487. The van der Waals surface area contributed by atoms with E-state index in [1.807, 2.05) is 33.3 Å². The van der Waals surface area contributed by atoms with E-state index in [-0.39, 0.29) is 11.5 Å². The van der Waals surface area contributed by atoms with Crippen LogP contribution < -0.4 is 20.3 Å². The minimum Gasteiger partial charge on any atom is -0.491 e. The van der Waals surface area contributed by atoms with E-state index < -0.39 is 6.03 Å². The average molecular weight is 531 g/mol. The van der Waals surface area contributed by atoms with Gasteiger partial charge in [-0.15, -0.1) is 0 Å². The number of aromatic nitrogens is 2. The van der Waals surface area contributed by atoms with Gasteiger partial charge in [0.2, 0.25) is 0 Å². The number of halogens is 1. The van der Waals surface area contributed by atoms with Crippen molar-refractivity contribution in [2.24, 2.45) is 0 Å². The molecule has 0 unspecified atom stereocenters. The third-order valence-corrected chi connectivity index (χ3v) is 6.08. The van der Waals surface area contributed by atoms with Gasteiger partial charge in [-0.3, -0.25) is 5.32 Å². The summed E-state index contributed by atoms with van der Waals surface area (Å²) in [6.07, 6.45) is 4.78. The molecule has 0 radical (unpaired) electrons. The molecule has 2 heterocycles. The van der Waals surface area contributed by atoms with Crippen LogP contribution in [0.3, 0.4) is 0 Å². The van der Waals surface area contributed by atoms with Crippen LogP contribution in [-0.2, 0) is 4.74 Å². The third kappa shape index (κ3) is 9.33. The number of rotatable bonds is 13. The molecule has 1 aromatic carbocycles. The largest absolute Gasteiger partial charge is 0.491 e. The van der Waals surface area contributed by atoms with Crippen LogP contribution >= 0.6 is 11.6 Å². The Balaban J connectivity index is 1.58. The van der Waals surface area contributed by atoms with Gasteiger partial charge in [0, 0.05) is 38.8 Å². The summed E-state index contributed by atoms with van der Waals surface area (Å²) >= 11 is 6.54. The van der Waals surface area contributed by atoms with Crippen molar-refractivity contribution in [3.63, 3.8) is 0 Å². The highest BCUT2D eigenvalue weighted by Crippen LogP contribution is 2.38. The first kappa shape index (κ1) is 28.4. The van der Waals surface area contributed by atoms with Crippen LogP contribution in [0.5, 0.6) is 5.75 Å². The number of carbonyl (C=O) groups is 1. The van der Waals surface area contributed by atoms with Crippen LogP contribution in [0.1, 0.15) is 18.5 Å². The van der Waals surface area contributed by atoms with Gasteiger partial charge in [0.15, 0.2) is 11.5 Å². The fourth-order valence-corrected chi connectivity index (χ4v) is 3.90. The van der Waals surface area contributed by atoms with E-state index >= 15 is 0 Å². The van der Waals surface area contributed by atoms with E-state index in [4.69, 9.17) is 26.3 Å². The monoisotopic (exact) mass is 530 g/mol. The fraction of sp³-hybridized carbons (Fsp3) is 0.520. The number of hydrogen-bond acceptors (Lipinski definition) is 9.